The minimum atomic E-state index is -1.18. The smallest absolute Gasteiger partial charge is 0.325 e. The normalized spacial score (nSPS) is 23.2. The lowest BCUT2D eigenvalue weighted by Crippen LogP contribution is -2.16. The van der Waals surface area contributed by atoms with Crippen molar-refractivity contribution in [1.29, 1.82) is 0 Å². The SMILES string of the molecule is Cl.O=C(O)C1(Cl)CC1c1ccc(-c2ccc(F)cc2)nc1. The highest BCUT2D eigenvalue weighted by Crippen LogP contribution is 2.56. The third-order valence-corrected chi connectivity index (χ3v) is 4.16. The number of halogens is 3. The molecule has 0 spiro atoms. The van der Waals surface area contributed by atoms with E-state index in [-0.39, 0.29) is 24.1 Å². The van der Waals surface area contributed by atoms with Gasteiger partial charge >= 0.3 is 5.97 Å². The fraction of sp³-hybridized carbons (Fsp3) is 0.200. The van der Waals surface area contributed by atoms with Gasteiger partial charge in [0.05, 0.1) is 5.69 Å². The second kappa shape index (κ2) is 5.62. The molecule has 6 heteroatoms. The summed E-state index contributed by atoms with van der Waals surface area (Å²) in [6.07, 6.45) is 2.05. The Morgan fingerprint density at radius 3 is 2.43 bits per heavy atom. The number of alkyl halides is 1. The first-order chi connectivity index (χ1) is 9.50. The second-order valence-corrected chi connectivity index (χ2v) is 5.58. The number of rotatable bonds is 3. The van der Waals surface area contributed by atoms with Crippen molar-refractivity contribution in [2.24, 2.45) is 0 Å². The monoisotopic (exact) mass is 327 g/mol. The van der Waals surface area contributed by atoms with Gasteiger partial charge in [0.25, 0.3) is 0 Å². The van der Waals surface area contributed by atoms with Crippen molar-refractivity contribution in [2.45, 2.75) is 17.2 Å². The molecule has 0 radical (unpaired) electrons. The van der Waals surface area contributed by atoms with Crippen LogP contribution in [0.15, 0.2) is 42.6 Å². The van der Waals surface area contributed by atoms with Gasteiger partial charge in [-0.05, 0) is 42.3 Å². The second-order valence-electron chi connectivity index (χ2n) is 4.91. The Morgan fingerprint density at radius 1 is 1.29 bits per heavy atom. The van der Waals surface area contributed by atoms with Crippen molar-refractivity contribution in [3.8, 4) is 11.3 Å². The maximum atomic E-state index is 12.9. The van der Waals surface area contributed by atoms with Crippen LogP contribution in [0.5, 0.6) is 0 Å². The van der Waals surface area contributed by atoms with Crippen LogP contribution < -0.4 is 0 Å². The Labute approximate surface area is 132 Å². The summed E-state index contributed by atoms with van der Waals surface area (Å²) in [5.74, 6) is -1.49. The number of nitrogens with zero attached hydrogens (tertiary/aromatic N) is 1. The van der Waals surface area contributed by atoms with E-state index in [1.54, 1.807) is 24.4 Å². The zero-order valence-electron chi connectivity index (χ0n) is 10.8. The lowest BCUT2D eigenvalue weighted by atomic mass is 10.1. The van der Waals surface area contributed by atoms with Gasteiger partial charge in [0.2, 0.25) is 0 Å². The molecule has 2 aromatic rings. The van der Waals surface area contributed by atoms with Gasteiger partial charge in [-0.1, -0.05) is 6.07 Å². The predicted octanol–water partition coefficient (Wildman–Crippen LogP) is 3.86. The molecular weight excluding hydrogens is 316 g/mol. The van der Waals surface area contributed by atoms with Crippen LogP contribution in [0.3, 0.4) is 0 Å². The summed E-state index contributed by atoms with van der Waals surface area (Å²) >= 11 is 5.98. The minimum absolute atomic E-state index is 0. The molecule has 1 heterocycles. The van der Waals surface area contributed by atoms with E-state index in [0.29, 0.717) is 12.1 Å². The zero-order valence-corrected chi connectivity index (χ0v) is 12.4. The first-order valence-electron chi connectivity index (χ1n) is 6.15. The molecule has 1 fully saturated rings. The van der Waals surface area contributed by atoms with Gasteiger partial charge in [-0.3, -0.25) is 9.78 Å². The zero-order chi connectivity index (χ0) is 14.3. The first kappa shape index (κ1) is 15.7. The molecule has 0 aliphatic heterocycles. The van der Waals surface area contributed by atoms with Gasteiger partial charge in [0.1, 0.15) is 10.7 Å². The van der Waals surface area contributed by atoms with Crippen LogP contribution in [-0.4, -0.2) is 20.9 Å². The molecule has 2 atom stereocenters. The molecule has 1 aliphatic rings. The average molecular weight is 328 g/mol. The standard InChI is InChI=1S/C15H11ClFNO2.ClH/c16-15(14(19)20)7-12(15)10-3-6-13(18-8-10)9-1-4-11(17)5-2-9;/h1-6,8,12H,7H2,(H,19,20);1H. The molecular formula is C15H12Cl2FNO2. The Hall–Kier alpha value is -1.65. The van der Waals surface area contributed by atoms with E-state index in [0.717, 1.165) is 11.1 Å². The molecule has 2 unspecified atom stereocenters. The lowest BCUT2D eigenvalue weighted by molar-refractivity contribution is -0.137. The van der Waals surface area contributed by atoms with Crippen molar-refractivity contribution < 1.29 is 14.3 Å². The van der Waals surface area contributed by atoms with E-state index in [2.05, 4.69) is 4.98 Å². The quantitative estimate of drug-likeness (QED) is 0.871. The number of carbonyl (C=O) groups is 1. The van der Waals surface area contributed by atoms with Crippen molar-refractivity contribution in [2.75, 3.05) is 0 Å². The molecule has 3 nitrogen and oxygen atoms in total. The highest BCUT2D eigenvalue weighted by atomic mass is 35.5. The minimum Gasteiger partial charge on any atom is -0.480 e. The summed E-state index contributed by atoms with van der Waals surface area (Å²) in [6, 6.07) is 9.67. The number of hydrogen-bond donors (Lipinski definition) is 1. The molecule has 1 aromatic heterocycles. The molecule has 0 saturated heterocycles. The van der Waals surface area contributed by atoms with E-state index in [9.17, 15) is 9.18 Å². The van der Waals surface area contributed by atoms with Crippen molar-refractivity contribution in [3.63, 3.8) is 0 Å². The average Bonchev–Trinajstić information content (AvgIpc) is 3.14. The van der Waals surface area contributed by atoms with Gasteiger partial charge in [-0.15, -0.1) is 24.0 Å². The number of pyridine rings is 1. The van der Waals surface area contributed by atoms with Crippen molar-refractivity contribution in [3.05, 3.63) is 54.0 Å². The van der Waals surface area contributed by atoms with E-state index < -0.39 is 10.8 Å². The lowest BCUT2D eigenvalue weighted by Gasteiger charge is -2.05. The van der Waals surface area contributed by atoms with E-state index in [4.69, 9.17) is 16.7 Å². The van der Waals surface area contributed by atoms with Crippen LogP contribution in [0, 0.1) is 5.82 Å². The molecule has 1 saturated carbocycles. The van der Waals surface area contributed by atoms with Crippen molar-refractivity contribution >= 4 is 30.0 Å². The highest BCUT2D eigenvalue weighted by Gasteiger charge is 2.60. The van der Waals surface area contributed by atoms with Crippen LogP contribution in [0.4, 0.5) is 4.39 Å². The number of aromatic nitrogens is 1. The third kappa shape index (κ3) is 2.87. The van der Waals surface area contributed by atoms with E-state index in [1.807, 2.05) is 6.07 Å². The summed E-state index contributed by atoms with van der Waals surface area (Å²) in [5.41, 5.74) is 2.34. The number of carboxylic acids is 1. The summed E-state index contributed by atoms with van der Waals surface area (Å²) in [7, 11) is 0. The number of carboxylic acid groups (broad SMARTS) is 1. The molecule has 3 rings (SSSR count). The fourth-order valence-corrected chi connectivity index (χ4v) is 2.54. The van der Waals surface area contributed by atoms with Gasteiger partial charge in [-0.2, -0.15) is 0 Å². The van der Waals surface area contributed by atoms with Crippen LogP contribution in [0.2, 0.25) is 0 Å². The van der Waals surface area contributed by atoms with Crippen LogP contribution in [0.1, 0.15) is 17.9 Å². The molecule has 0 bridgehead atoms. The Kier molecular flexibility index (Phi) is 4.21. The van der Waals surface area contributed by atoms with Gasteiger partial charge in [0, 0.05) is 17.7 Å². The molecule has 21 heavy (non-hydrogen) atoms. The van der Waals surface area contributed by atoms with Crippen LogP contribution >= 0.6 is 24.0 Å². The molecule has 1 aliphatic carbocycles. The first-order valence-corrected chi connectivity index (χ1v) is 6.53. The topological polar surface area (TPSA) is 50.2 Å². The molecule has 1 N–H and O–H groups in total. The Balaban J connectivity index is 0.00000161. The summed E-state index contributed by atoms with van der Waals surface area (Å²) < 4.78 is 12.9. The third-order valence-electron chi connectivity index (χ3n) is 3.58. The number of benzene rings is 1. The van der Waals surface area contributed by atoms with E-state index in [1.165, 1.54) is 12.1 Å². The maximum absolute atomic E-state index is 12.9. The number of aliphatic carboxylic acids is 1. The Morgan fingerprint density at radius 2 is 1.95 bits per heavy atom. The predicted molar refractivity (Wildman–Crippen MR) is 80.5 cm³/mol. The number of hydrogen-bond acceptors (Lipinski definition) is 2. The summed E-state index contributed by atoms with van der Waals surface area (Å²) in [5, 5.41) is 9.01. The van der Waals surface area contributed by atoms with Gasteiger partial charge in [0.15, 0.2) is 0 Å². The summed E-state index contributed by atoms with van der Waals surface area (Å²) in [4.78, 5) is 14.1. The van der Waals surface area contributed by atoms with Gasteiger partial charge in [-0.25, -0.2) is 4.39 Å². The largest absolute Gasteiger partial charge is 0.480 e. The summed E-state index contributed by atoms with van der Waals surface area (Å²) in [6.45, 7) is 0. The molecule has 0 amide bonds. The molecule has 110 valence electrons. The van der Waals surface area contributed by atoms with Crippen molar-refractivity contribution in [1.82, 2.24) is 4.98 Å². The van der Waals surface area contributed by atoms with E-state index >= 15 is 0 Å². The highest BCUT2D eigenvalue weighted by molar-refractivity contribution is 6.37. The Bertz CT molecular complexity index is 660. The van der Waals surface area contributed by atoms with Gasteiger partial charge < -0.3 is 5.11 Å². The van der Waals surface area contributed by atoms with Crippen LogP contribution in [0.25, 0.3) is 11.3 Å². The van der Waals surface area contributed by atoms with Crippen LogP contribution in [-0.2, 0) is 4.79 Å². The maximum Gasteiger partial charge on any atom is 0.325 e. The molecule has 1 aromatic carbocycles. The fourth-order valence-electron chi connectivity index (χ4n) is 2.26.